The molecule has 24 heavy (non-hydrogen) atoms. The lowest BCUT2D eigenvalue weighted by molar-refractivity contribution is -0.110. The number of benzene rings is 2. The molecule has 1 heterocycles. The molecule has 2 unspecified atom stereocenters. The van der Waals surface area contributed by atoms with Crippen molar-refractivity contribution in [1.82, 2.24) is 9.79 Å². The maximum atomic E-state index is 12.9. The molecule has 3 rings (SSSR count). The van der Waals surface area contributed by atoms with Crippen LogP contribution in [0, 0.1) is 5.82 Å². The first-order valence-corrected chi connectivity index (χ1v) is 9.15. The van der Waals surface area contributed by atoms with Gasteiger partial charge in [0.05, 0.1) is 12.6 Å². The Bertz CT molecular complexity index is 781. The minimum atomic E-state index is -3.61. The van der Waals surface area contributed by atoms with E-state index in [0.717, 1.165) is 5.56 Å². The number of hydrogen-bond donors (Lipinski definition) is 1. The normalized spacial score (nSPS) is 21.9. The maximum Gasteiger partial charge on any atom is 0.219 e. The van der Waals surface area contributed by atoms with E-state index < -0.39 is 15.3 Å². The zero-order valence-electron chi connectivity index (χ0n) is 13.2. The molecule has 2 aromatic carbocycles. The lowest BCUT2D eigenvalue weighted by Crippen LogP contribution is -2.39. The van der Waals surface area contributed by atoms with Crippen molar-refractivity contribution in [1.29, 1.82) is 0 Å². The Balaban J connectivity index is 1.76. The van der Waals surface area contributed by atoms with Gasteiger partial charge >= 0.3 is 0 Å². The Morgan fingerprint density at radius 2 is 1.83 bits per heavy atom. The minimum Gasteiger partial charge on any atom is -0.297 e. The van der Waals surface area contributed by atoms with E-state index in [2.05, 4.69) is 4.72 Å². The highest BCUT2D eigenvalue weighted by Gasteiger charge is 2.42. The van der Waals surface area contributed by atoms with Gasteiger partial charge in [-0.3, -0.25) is 4.84 Å². The second kappa shape index (κ2) is 6.98. The largest absolute Gasteiger partial charge is 0.297 e. The zero-order chi connectivity index (χ0) is 17.2. The fourth-order valence-corrected chi connectivity index (χ4v) is 4.31. The van der Waals surface area contributed by atoms with Gasteiger partial charge < -0.3 is 0 Å². The van der Waals surface area contributed by atoms with Crippen molar-refractivity contribution in [2.24, 2.45) is 0 Å². The van der Waals surface area contributed by atoms with Crippen molar-refractivity contribution in [3.63, 3.8) is 0 Å². The first-order chi connectivity index (χ1) is 11.5. The Hall–Kier alpha value is -1.80. The van der Waals surface area contributed by atoms with Gasteiger partial charge in [-0.2, -0.15) is 5.06 Å². The van der Waals surface area contributed by atoms with E-state index in [4.69, 9.17) is 4.84 Å². The molecule has 2 atom stereocenters. The van der Waals surface area contributed by atoms with Crippen molar-refractivity contribution in [3.8, 4) is 0 Å². The highest BCUT2D eigenvalue weighted by molar-refractivity contribution is 7.90. The predicted octanol–water partition coefficient (Wildman–Crippen LogP) is 2.23. The number of nitrogens with zero attached hydrogens (tertiary/aromatic N) is 1. The number of nitrogens with one attached hydrogen (secondary N) is 1. The van der Waals surface area contributed by atoms with E-state index in [1.165, 1.54) is 12.1 Å². The summed E-state index contributed by atoms with van der Waals surface area (Å²) in [6, 6.07) is 14.8. The molecule has 0 aliphatic carbocycles. The summed E-state index contributed by atoms with van der Waals surface area (Å²) < 4.78 is 40.9. The highest BCUT2D eigenvalue weighted by atomic mass is 32.2. The Kier molecular flexibility index (Phi) is 4.96. The molecule has 1 aliphatic heterocycles. The van der Waals surface area contributed by atoms with Crippen molar-refractivity contribution >= 4 is 10.0 Å². The molecule has 5 nitrogen and oxygen atoms in total. The molecule has 0 bridgehead atoms. The number of halogens is 1. The van der Waals surface area contributed by atoms with Crippen LogP contribution < -0.4 is 4.72 Å². The molecule has 1 fully saturated rings. The Labute approximate surface area is 141 Å². The topological polar surface area (TPSA) is 58.6 Å². The van der Waals surface area contributed by atoms with E-state index in [-0.39, 0.29) is 25.0 Å². The fourth-order valence-electron chi connectivity index (χ4n) is 2.82. The molecule has 0 amide bonds. The minimum absolute atomic E-state index is 0.0921. The smallest absolute Gasteiger partial charge is 0.219 e. The highest BCUT2D eigenvalue weighted by Crippen LogP contribution is 2.33. The van der Waals surface area contributed by atoms with E-state index in [9.17, 15) is 12.8 Å². The van der Waals surface area contributed by atoms with Crippen LogP contribution >= 0.6 is 0 Å². The van der Waals surface area contributed by atoms with Crippen molar-refractivity contribution in [2.45, 2.75) is 17.8 Å². The number of sulfonamides is 1. The van der Waals surface area contributed by atoms with E-state index >= 15 is 0 Å². The lowest BCUT2D eigenvalue weighted by Gasteiger charge is -2.23. The summed E-state index contributed by atoms with van der Waals surface area (Å²) in [5.41, 5.74) is 1.58. The first-order valence-electron chi connectivity index (χ1n) is 7.61. The van der Waals surface area contributed by atoms with Crippen LogP contribution in [0.4, 0.5) is 4.39 Å². The molecule has 1 saturated heterocycles. The van der Waals surface area contributed by atoms with E-state index in [0.29, 0.717) is 5.56 Å². The third kappa shape index (κ3) is 3.64. The van der Waals surface area contributed by atoms with Gasteiger partial charge in [0.1, 0.15) is 11.1 Å². The van der Waals surface area contributed by atoms with E-state index in [1.54, 1.807) is 24.2 Å². The Morgan fingerprint density at radius 3 is 2.50 bits per heavy atom. The summed E-state index contributed by atoms with van der Waals surface area (Å²) in [6.45, 7) is 0.207. The van der Waals surface area contributed by atoms with E-state index in [1.807, 2.05) is 30.3 Å². The third-order valence-corrected chi connectivity index (χ3v) is 5.85. The lowest BCUT2D eigenvalue weighted by atomic mass is 10.0. The Morgan fingerprint density at radius 1 is 1.17 bits per heavy atom. The van der Waals surface area contributed by atoms with Gasteiger partial charge in [-0.25, -0.2) is 17.5 Å². The SMILES string of the molecule is CN1OCC(S(=O)(=O)NCc2ccc(F)cc2)C1c1ccccc1. The average Bonchev–Trinajstić information content (AvgIpc) is 2.98. The summed E-state index contributed by atoms with van der Waals surface area (Å²) in [4.78, 5) is 5.45. The zero-order valence-corrected chi connectivity index (χ0v) is 14.0. The van der Waals surface area contributed by atoms with Crippen LogP contribution in [0.25, 0.3) is 0 Å². The van der Waals surface area contributed by atoms with Crippen LogP contribution in [0.15, 0.2) is 54.6 Å². The second-order valence-electron chi connectivity index (χ2n) is 5.73. The van der Waals surface area contributed by atoms with Crippen LogP contribution in [0.3, 0.4) is 0 Å². The maximum absolute atomic E-state index is 12.9. The molecule has 2 aromatic rings. The molecule has 0 saturated carbocycles. The van der Waals surface area contributed by atoms with Crippen molar-refractivity contribution < 1.29 is 17.6 Å². The fraction of sp³-hybridized carbons (Fsp3) is 0.294. The van der Waals surface area contributed by atoms with Gasteiger partial charge in [-0.05, 0) is 23.3 Å². The number of hydroxylamine groups is 2. The van der Waals surface area contributed by atoms with Crippen LogP contribution in [0.1, 0.15) is 17.2 Å². The quantitative estimate of drug-likeness (QED) is 0.898. The van der Waals surface area contributed by atoms with Crippen LogP contribution in [0.2, 0.25) is 0 Å². The van der Waals surface area contributed by atoms with Crippen LogP contribution in [0.5, 0.6) is 0 Å². The molecular formula is C17H19FN2O3S. The monoisotopic (exact) mass is 350 g/mol. The standard InChI is InChI=1S/C17H19FN2O3S/c1-20-17(14-5-3-2-4-6-14)16(12-23-20)24(21,22)19-11-13-7-9-15(18)10-8-13/h2-10,16-17,19H,11-12H2,1H3. The molecule has 0 radical (unpaired) electrons. The molecule has 1 aliphatic rings. The molecule has 128 valence electrons. The van der Waals surface area contributed by atoms with Gasteiger partial charge in [-0.1, -0.05) is 42.5 Å². The molecule has 1 N–H and O–H groups in total. The summed E-state index contributed by atoms with van der Waals surface area (Å²) in [7, 11) is -1.88. The van der Waals surface area contributed by atoms with Crippen LogP contribution in [-0.2, 0) is 21.4 Å². The van der Waals surface area contributed by atoms with Gasteiger partial charge in [0.15, 0.2) is 0 Å². The summed E-state index contributed by atoms with van der Waals surface area (Å²) in [5.74, 6) is -0.350. The number of hydrogen-bond acceptors (Lipinski definition) is 4. The van der Waals surface area contributed by atoms with Crippen LogP contribution in [-0.4, -0.2) is 32.4 Å². The van der Waals surface area contributed by atoms with Crippen molar-refractivity contribution in [2.75, 3.05) is 13.7 Å². The summed E-state index contributed by atoms with van der Waals surface area (Å²) in [5, 5.41) is 0.863. The molecule has 0 spiro atoms. The van der Waals surface area contributed by atoms with Gasteiger partial charge in [-0.15, -0.1) is 0 Å². The summed E-state index contributed by atoms with van der Waals surface area (Å²) in [6.07, 6.45) is 0. The summed E-state index contributed by atoms with van der Waals surface area (Å²) >= 11 is 0. The van der Waals surface area contributed by atoms with Gasteiger partial charge in [0, 0.05) is 13.6 Å². The average molecular weight is 350 g/mol. The van der Waals surface area contributed by atoms with Gasteiger partial charge in [0.2, 0.25) is 10.0 Å². The number of rotatable bonds is 5. The molecule has 7 heteroatoms. The molecule has 0 aromatic heterocycles. The predicted molar refractivity (Wildman–Crippen MR) is 88.8 cm³/mol. The first kappa shape index (κ1) is 17.0. The third-order valence-electron chi connectivity index (χ3n) is 4.12. The second-order valence-corrected chi connectivity index (χ2v) is 7.71. The van der Waals surface area contributed by atoms with Gasteiger partial charge in [0.25, 0.3) is 0 Å². The molecular weight excluding hydrogens is 331 g/mol. The van der Waals surface area contributed by atoms with Crippen molar-refractivity contribution in [3.05, 3.63) is 71.5 Å².